The smallest absolute Gasteiger partial charge is 0.231 e. The van der Waals surface area contributed by atoms with Gasteiger partial charge < -0.3 is 20.5 Å². The third-order valence-corrected chi connectivity index (χ3v) is 7.23. The van der Waals surface area contributed by atoms with E-state index in [2.05, 4.69) is 10.3 Å². The van der Waals surface area contributed by atoms with Gasteiger partial charge in [0.15, 0.2) is 5.96 Å². The number of nitrogens with zero attached hydrogens (tertiary/aromatic N) is 2. The van der Waals surface area contributed by atoms with Crippen molar-refractivity contribution in [1.82, 2.24) is 10.2 Å². The number of ether oxygens (including phenoxy) is 2. The molecule has 1 fully saturated rings. The number of nitrogens with two attached hydrogens (primary N) is 1. The van der Waals surface area contributed by atoms with Crippen LogP contribution in [0.15, 0.2) is 23.2 Å². The Labute approximate surface area is 206 Å². The number of nitrogens with one attached hydrogen (secondary N) is 1. The molecule has 0 aromatic heterocycles. The van der Waals surface area contributed by atoms with E-state index < -0.39 is 11.1 Å². The highest BCUT2D eigenvalue weighted by molar-refractivity contribution is 6.31. The lowest BCUT2D eigenvalue weighted by Gasteiger charge is -2.39. The van der Waals surface area contributed by atoms with E-state index in [4.69, 9.17) is 26.8 Å². The number of aliphatic imine (C=N–C) groups is 1. The van der Waals surface area contributed by atoms with E-state index in [1.54, 1.807) is 12.0 Å². The predicted molar refractivity (Wildman–Crippen MR) is 131 cm³/mol. The van der Waals surface area contributed by atoms with E-state index >= 15 is 0 Å². The third kappa shape index (κ3) is 5.03. The maximum absolute atomic E-state index is 13.4. The van der Waals surface area contributed by atoms with Crippen LogP contribution in [0.4, 0.5) is 0 Å². The third-order valence-electron chi connectivity index (χ3n) is 6.90. The summed E-state index contributed by atoms with van der Waals surface area (Å²) in [7, 11) is 1.63. The van der Waals surface area contributed by atoms with Crippen molar-refractivity contribution in [3.63, 3.8) is 0 Å². The zero-order chi connectivity index (χ0) is 24.8. The highest BCUT2D eigenvalue weighted by Crippen LogP contribution is 2.47. The summed E-state index contributed by atoms with van der Waals surface area (Å²) in [5.41, 5.74) is 6.10. The second kappa shape index (κ2) is 9.04. The lowest BCUT2D eigenvalue weighted by Crippen LogP contribution is -2.55. The molecule has 1 aliphatic carbocycles. The summed E-state index contributed by atoms with van der Waals surface area (Å²) in [6.07, 6.45) is 2.17. The molecule has 4 rings (SSSR count). The first-order valence-electron chi connectivity index (χ1n) is 11.9. The average molecular weight is 491 g/mol. The van der Waals surface area contributed by atoms with E-state index in [0.29, 0.717) is 36.6 Å². The van der Waals surface area contributed by atoms with Crippen molar-refractivity contribution in [2.45, 2.75) is 76.6 Å². The minimum Gasteiger partial charge on any atom is -0.487 e. The minimum atomic E-state index is -0.522. The van der Waals surface area contributed by atoms with Gasteiger partial charge in [0.25, 0.3) is 0 Å². The fourth-order valence-electron chi connectivity index (χ4n) is 5.34. The molecule has 2 aliphatic heterocycles. The van der Waals surface area contributed by atoms with Crippen LogP contribution in [0, 0.1) is 11.8 Å². The summed E-state index contributed by atoms with van der Waals surface area (Å²) < 4.78 is 11.4. The highest BCUT2D eigenvalue weighted by Gasteiger charge is 2.52. The first-order chi connectivity index (χ1) is 15.9. The molecule has 1 aromatic carbocycles. The van der Waals surface area contributed by atoms with Crippen LogP contribution in [0.5, 0.6) is 5.75 Å². The van der Waals surface area contributed by atoms with Crippen LogP contribution in [0.25, 0.3) is 0 Å². The van der Waals surface area contributed by atoms with E-state index in [1.807, 2.05) is 45.9 Å². The molecule has 2 heterocycles. The van der Waals surface area contributed by atoms with Crippen molar-refractivity contribution in [1.29, 1.82) is 0 Å². The van der Waals surface area contributed by atoms with Crippen LogP contribution in [0.1, 0.15) is 65.0 Å². The molecule has 1 aromatic rings. The van der Waals surface area contributed by atoms with Crippen LogP contribution in [-0.4, -0.2) is 53.6 Å². The summed E-state index contributed by atoms with van der Waals surface area (Å²) in [5, 5.41) is 3.79. The van der Waals surface area contributed by atoms with Crippen LogP contribution in [0.3, 0.4) is 0 Å². The van der Waals surface area contributed by atoms with E-state index in [1.165, 1.54) is 0 Å². The molecule has 2 amide bonds. The summed E-state index contributed by atoms with van der Waals surface area (Å²) in [4.78, 5) is 32.5. The molecule has 4 atom stereocenters. The molecule has 0 spiro atoms. The van der Waals surface area contributed by atoms with E-state index in [0.717, 1.165) is 5.56 Å². The maximum atomic E-state index is 13.4. The Morgan fingerprint density at radius 3 is 2.79 bits per heavy atom. The quantitative estimate of drug-likeness (QED) is 0.609. The van der Waals surface area contributed by atoms with Crippen molar-refractivity contribution >= 4 is 29.4 Å². The number of rotatable bonds is 7. The Morgan fingerprint density at radius 1 is 1.38 bits per heavy atom. The van der Waals surface area contributed by atoms with Crippen LogP contribution < -0.4 is 15.8 Å². The zero-order valence-electron chi connectivity index (χ0n) is 20.6. The molecule has 0 bridgehead atoms. The van der Waals surface area contributed by atoms with Gasteiger partial charge in [-0.15, -0.1) is 0 Å². The molecule has 1 saturated carbocycles. The second-order valence-corrected chi connectivity index (χ2v) is 11.3. The lowest BCUT2D eigenvalue weighted by molar-refractivity contribution is -0.132. The number of guanidine groups is 1. The van der Waals surface area contributed by atoms with Crippen molar-refractivity contribution in [3.8, 4) is 5.75 Å². The molecule has 4 unspecified atom stereocenters. The molecule has 0 saturated heterocycles. The number of carbonyl (C=O) groups excluding carboxylic acids is 2. The number of fused-ring (bicyclic) bond motifs is 1. The molecule has 0 radical (unpaired) electrons. The zero-order valence-corrected chi connectivity index (χ0v) is 21.3. The number of carbonyl (C=O) groups is 2. The number of hydrogen-bond acceptors (Lipinski definition) is 6. The van der Waals surface area contributed by atoms with E-state index in [9.17, 15) is 9.59 Å². The average Bonchev–Trinajstić information content (AvgIpc) is 3.48. The van der Waals surface area contributed by atoms with Gasteiger partial charge in [0.2, 0.25) is 11.8 Å². The molecule has 3 N–H and O–H groups in total. The number of halogens is 1. The Kier molecular flexibility index (Phi) is 6.59. The largest absolute Gasteiger partial charge is 0.487 e. The number of hydrogen-bond donors (Lipinski definition) is 2. The summed E-state index contributed by atoms with van der Waals surface area (Å²) >= 11 is 6.49. The SMILES string of the molecule is COCCC(C1CC1C(=O)NC1CC(C)(C)Oc2cccc(Cl)c21)N1C(=O)CC(C)(C)N=C1N. The van der Waals surface area contributed by atoms with Gasteiger partial charge in [0, 0.05) is 42.7 Å². The number of amides is 2. The molecule has 186 valence electrons. The van der Waals surface area contributed by atoms with Crippen molar-refractivity contribution in [2.75, 3.05) is 13.7 Å². The summed E-state index contributed by atoms with van der Waals surface area (Å²) in [6.45, 7) is 8.26. The minimum absolute atomic E-state index is 0.00683. The molecular weight excluding hydrogens is 456 g/mol. The monoisotopic (exact) mass is 490 g/mol. The molecule has 34 heavy (non-hydrogen) atoms. The van der Waals surface area contributed by atoms with Crippen LogP contribution in [-0.2, 0) is 14.3 Å². The molecule has 9 heteroatoms. The first-order valence-corrected chi connectivity index (χ1v) is 12.2. The summed E-state index contributed by atoms with van der Waals surface area (Å²) in [6, 6.07) is 5.07. The van der Waals surface area contributed by atoms with Crippen molar-refractivity contribution in [2.24, 2.45) is 22.6 Å². The summed E-state index contributed by atoms with van der Waals surface area (Å²) in [5.74, 6) is 0.602. The van der Waals surface area contributed by atoms with Gasteiger partial charge in [-0.05, 0) is 58.6 Å². The van der Waals surface area contributed by atoms with Gasteiger partial charge in [0.1, 0.15) is 11.4 Å². The maximum Gasteiger partial charge on any atom is 0.231 e. The van der Waals surface area contributed by atoms with Gasteiger partial charge in [-0.3, -0.25) is 14.5 Å². The fourth-order valence-corrected chi connectivity index (χ4v) is 5.63. The lowest BCUT2D eigenvalue weighted by atomic mass is 9.89. The van der Waals surface area contributed by atoms with Gasteiger partial charge in [-0.2, -0.15) is 0 Å². The standard InChI is InChI=1S/C25H35ClN4O4/c1-24(2)13-20(31)30(23(27)29-24)18(9-10-33-5)14-11-15(14)22(32)28-17-12-25(3,4)34-19-8-6-7-16(26)21(17)19/h6-8,14-15,17-18H,9-13H2,1-5H3,(H2,27,29)(H,28,32). The van der Waals surface area contributed by atoms with E-state index in [-0.39, 0.29) is 48.1 Å². The topological polar surface area (TPSA) is 106 Å². The second-order valence-electron chi connectivity index (χ2n) is 10.9. The predicted octanol–water partition coefficient (Wildman–Crippen LogP) is 3.43. The Bertz CT molecular complexity index is 1010. The first kappa shape index (κ1) is 24.8. The van der Waals surface area contributed by atoms with Gasteiger partial charge in [-0.1, -0.05) is 17.7 Å². The number of methoxy groups -OCH3 is 1. The molecular formula is C25H35ClN4O4. The Balaban J connectivity index is 1.51. The van der Waals surface area contributed by atoms with Crippen molar-refractivity contribution in [3.05, 3.63) is 28.8 Å². The Morgan fingerprint density at radius 2 is 2.12 bits per heavy atom. The molecule has 8 nitrogen and oxygen atoms in total. The van der Waals surface area contributed by atoms with Crippen LogP contribution in [0.2, 0.25) is 5.02 Å². The van der Waals surface area contributed by atoms with Gasteiger partial charge >= 0.3 is 0 Å². The van der Waals surface area contributed by atoms with Gasteiger partial charge in [-0.25, -0.2) is 4.99 Å². The van der Waals surface area contributed by atoms with Gasteiger partial charge in [0.05, 0.1) is 18.0 Å². The highest BCUT2D eigenvalue weighted by atomic mass is 35.5. The van der Waals surface area contributed by atoms with Crippen molar-refractivity contribution < 1.29 is 19.1 Å². The van der Waals surface area contributed by atoms with Crippen LogP contribution >= 0.6 is 11.6 Å². The molecule has 3 aliphatic rings. The number of benzene rings is 1. The normalized spacial score (nSPS) is 27.8. The fraction of sp³-hybridized carbons (Fsp3) is 0.640. The Hall–Kier alpha value is -2.32.